The molecule has 4 aromatic heterocycles. The molecule has 2 aliphatic rings. The summed E-state index contributed by atoms with van der Waals surface area (Å²) in [7, 11) is 2.00. The summed E-state index contributed by atoms with van der Waals surface area (Å²) in [5.74, 6) is -0.597. The Kier molecular flexibility index (Phi) is 7.53. The Balaban J connectivity index is 1.49. The maximum Gasteiger partial charge on any atom is 0.417 e. The van der Waals surface area contributed by atoms with Crippen molar-refractivity contribution in [3.8, 4) is 23.1 Å². The number of aryl methyl sites for hydroxylation is 1. The van der Waals surface area contributed by atoms with E-state index in [1.54, 1.807) is 12.3 Å². The molecule has 0 saturated carbocycles. The third-order valence-corrected chi connectivity index (χ3v) is 9.17. The van der Waals surface area contributed by atoms with Gasteiger partial charge in [-0.15, -0.1) is 0 Å². The fourth-order valence-corrected chi connectivity index (χ4v) is 6.81. The Labute approximate surface area is 267 Å². The molecule has 1 saturated heterocycles. The summed E-state index contributed by atoms with van der Waals surface area (Å²) >= 11 is 0. The van der Waals surface area contributed by atoms with Gasteiger partial charge in [-0.05, 0) is 64.9 Å². The molecule has 0 unspecified atom stereocenters. The van der Waals surface area contributed by atoms with Crippen LogP contribution in [0.25, 0.3) is 33.1 Å². The van der Waals surface area contributed by atoms with Crippen molar-refractivity contribution in [1.29, 1.82) is 0 Å². The number of aromatic nitrogens is 6. The smallest absolute Gasteiger partial charge is 0.417 e. The van der Waals surface area contributed by atoms with Crippen LogP contribution in [0, 0.1) is 12.7 Å². The Morgan fingerprint density at radius 3 is 2.77 bits per heavy atom. The van der Waals surface area contributed by atoms with Gasteiger partial charge in [-0.3, -0.25) is 5.10 Å². The molecule has 7 rings (SSSR count). The van der Waals surface area contributed by atoms with Crippen molar-refractivity contribution in [2.75, 3.05) is 37.4 Å². The minimum absolute atomic E-state index is 0.0537. The van der Waals surface area contributed by atoms with Gasteiger partial charge in [0.05, 0.1) is 29.4 Å². The van der Waals surface area contributed by atoms with Crippen LogP contribution in [0.1, 0.15) is 49.4 Å². The monoisotopic (exact) mass is 651 g/mol. The Bertz CT molecular complexity index is 2000. The number of hydrogen-bond donors (Lipinski definition) is 2. The molecular weight excluding hydrogens is 618 g/mol. The van der Waals surface area contributed by atoms with Crippen molar-refractivity contribution >= 4 is 33.4 Å². The second-order valence-corrected chi connectivity index (χ2v) is 12.2. The molecule has 1 fully saturated rings. The Morgan fingerprint density at radius 2 is 2.04 bits per heavy atom. The molecule has 11 nitrogen and oxygen atoms in total. The van der Waals surface area contributed by atoms with Crippen molar-refractivity contribution in [1.82, 2.24) is 35.0 Å². The lowest BCUT2D eigenvalue weighted by Gasteiger charge is -2.35. The molecule has 0 radical (unpaired) electrons. The molecule has 2 aliphatic heterocycles. The highest BCUT2D eigenvalue weighted by molar-refractivity contribution is 6.02. The molecule has 0 bridgehead atoms. The number of likely N-dealkylation sites (tertiary alicyclic amines) is 1. The molecular formula is C32H33F4N9O2. The van der Waals surface area contributed by atoms with Gasteiger partial charge >= 0.3 is 12.2 Å². The van der Waals surface area contributed by atoms with E-state index in [1.807, 2.05) is 31.9 Å². The van der Waals surface area contributed by atoms with E-state index in [1.165, 1.54) is 19.2 Å². The second kappa shape index (κ2) is 11.5. The van der Waals surface area contributed by atoms with Gasteiger partial charge in [-0.1, -0.05) is 6.07 Å². The fraction of sp³-hybridized carbons (Fsp3) is 0.406. The molecule has 0 amide bonds. The average molecular weight is 652 g/mol. The number of hydrogen-bond acceptors (Lipinski definition) is 10. The molecule has 0 spiro atoms. The highest BCUT2D eigenvalue weighted by atomic mass is 19.4. The maximum absolute atomic E-state index is 17.0. The molecule has 47 heavy (non-hydrogen) atoms. The van der Waals surface area contributed by atoms with Crippen LogP contribution in [-0.4, -0.2) is 73.9 Å². The molecule has 15 heteroatoms. The third kappa shape index (κ3) is 5.22. The molecule has 6 heterocycles. The topological polar surface area (TPSA) is 131 Å². The van der Waals surface area contributed by atoms with Crippen LogP contribution in [0.4, 0.5) is 29.2 Å². The van der Waals surface area contributed by atoms with E-state index in [0.717, 1.165) is 19.4 Å². The minimum atomic E-state index is -4.83. The van der Waals surface area contributed by atoms with E-state index in [4.69, 9.17) is 20.2 Å². The van der Waals surface area contributed by atoms with Crippen LogP contribution in [0.15, 0.2) is 30.6 Å². The number of nitrogens with two attached hydrogens (primary N) is 1. The minimum Gasteiger partial charge on any atom is -0.475 e. The predicted molar refractivity (Wildman–Crippen MR) is 168 cm³/mol. The average Bonchev–Trinajstić information content (AvgIpc) is 3.63. The number of ether oxygens (including phenoxy) is 2. The number of fused-ring (bicyclic) bond motifs is 1. The summed E-state index contributed by atoms with van der Waals surface area (Å²) in [6.45, 7) is 6.33. The van der Waals surface area contributed by atoms with Crippen LogP contribution >= 0.6 is 0 Å². The van der Waals surface area contributed by atoms with Crippen LogP contribution < -0.4 is 20.1 Å². The van der Waals surface area contributed by atoms with Crippen molar-refractivity contribution in [3.05, 3.63) is 53.1 Å². The number of nitrogens with zero attached hydrogens (tertiary/aromatic N) is 7. The van der Waals surface area contributed by atoms with Gasteiger partial charge in [-0.25, -0.2) is 14.4 Å². The summed E-state index contributed by atoms with van der Waals surface area (Å²) in [5.41, 5.74) is 4.83. The van der Waals surface area contributed by atoms with Gasteiger partial charge in [0.1, 0.15) is 41.4 Å². The van der Waals surface area contributed by atoms with Crippen LogP contribution in [0.3, 0.4) is 0 Å². The summed E-state index contributed by atoms with van der Waals surface area (Å²) in [5, 5.41) is 6.80. The number of likely N-dealkylation sites (N-methyl/N-ethyl adjacent to an activating group) is 1. The lowest BCUT2D eigenvalue weighted by molar-refractivity contribution is -0.137. The molecule has 0 aliphatic carbocycles. The van der Waals surface area contributed by atoms with Gasteiger partial charge in [-0.2, -0.15) is 28.2 Å². The number of benzene rings is 1. The van der Waals surface area contributed by atoms with Crippen molar-refractivity contribution in [2.45, 2.75) is 57.9 Å². The summed E-state index contributed by atoms with van der Waals surface area (Å²) in [4.78, 5) is 22.0. The molecule has 3 atom stereocenters. The predicted octanol–water partition coefficient (Wildman–Crippen LogP) is 5.83. The van der Waals surface area contributed by atoms with E-state index in [-0.39, 0.29) is 64.9 Å². The zero-order valence-corrected chi connectivity index (χ0v) is 26.2. The number of nitrogens with one attached hydrogen (secondary N) is 1. The molecule has 3 N–H and O–H groups in total. The first-order valence-corrected chi connectivity index (χ1v) is 15.3. The van der Waals surface area contributed by atoms with Crippen LogP contribution in [0.5, 0.6) is 11.9 Å². The number of nitrogen functional groups attached to an aromatic ring is 1. The van der Waals surface area contributed by atoms with Gasteiger partial charge in [0.15, 0.2) is 5.82 Å². The van der Waals surface area contributed by atoms with Gasteiger partial charge in [0.2, 0.25) is 5.88 Å². The summed E-state index contributed by atoms with van der Waals surface area (Å²) < 4.78 is 73.2. The maximum atomic E-state index is 17.0. The number of alkyl halides is 3. The number of H-pyrrole nitrogens is 1. The lowest BCUT2D eigenvalue weighted by Crippen LogP contribution is -2.39. The van der Waals surface area contributed by atoms with Crippen molar-refractivity contribution in [3.63, 3.8) is 0 Å². The van der Waals surface area contributed by atoms with Gasteiger partial charge in [0.25, 0.3) is 0 Å². The van der Waals surface area contributed by atoms with E-state index < -0.39 is 34.9 Å². The lowest BCUT2D eigenvalue weighted by atomic mass is 9.94. The zero-order chi connectivity index (χ0) is 33.2. The third-order valence-electron chi connectivity index (χ3n) is 9.17. The standard InChI is InChI=1S/C32H33F4N9O2/c1-15-11-21-20(12-39-43-21)22(24(15)32(34,35)36)26-25(33)27-23-29(42-31(41-27)47-14-18-7-6-10-44(18)4)45(16(2)13-46-30(23)40-26)17(3)19-8-5-9-38-28(19)37/h5,8-9,11-12,16-18H,6-7,10,13-14H2,1-4H3,(H2,37,38)(H,39,43)/t16-,17+,18-/m0/s1. The quantitative estimate of drug-likeness (QED) is 0.216. The van der Waals surface area contributed by atoms with Gasteiger partial charge in [0, 0.05) is 28.8 Å². The SMILES string of the molecule is Cc1cc2[nH]ncc2c(-c2nc3c4c(nc(OC[C@@H]5CCCN5C)nc4c2F)N([C@H](C)c2cccnc2N)[C@@H](C)CO3)c1C(F)(F)F. The summed E-state index contributed by atoms with van der Waals surface area (Å²) in [6, 6.07) is 4.12. The van der Waals surface area contributed by atoms with Gasteiger partial charge < -0.3 is 25.0 Å². The molecule has 246 valence electrons. The first-order valence-electron chi connectivity index (χ1n) is 15.3. The van der Waals surface area contributed by atoms with Crippen molar-refractivity contribution < 1.29 is 27.0 Å². The normalized spacial score (nSPS) is 19.3. The molecule has 5 aromatic rings. The second-order valence-electron chi connectivity index (χ2n) is 12.2. The van der Waals surface area contributed by atoms with Crippen LogP contribution in [0.2, 0.25) is 0 Å². The number of anilines is 2. The van der Waals surface area contributed by atoms with Crippen LogP contribution in [-0.2, 0) is 6.18 Å². The number of aromatic amines is 1. The first kappa shape index (κ1) is 30.8. The number of halogens is 4. The highest BCUT2D eigenvalue weighted by Crippen LogP contribution is 2.47. The number of pyridine rings is 2. The first-order chi connectivity index (χ1) is 22.4. The highest BCUT2D eigenvalue weighted by Gasteiger charge is 2.40. The van der Waals surface area contributed by atoms with E-state index in [2.05, 4.69) is 30.0 Å². The zero-order valence-electron chi connectivity index (χ0n) is 26.2. The largest absolute Gasteiger partial charge is 0.475 e. The Hall–Kier alpha value is -4.79. The Morgan fingerprint density at radius 1 is 1.23 bits per heavy atom. The van der Waals surface area contributed by atoms with Crippen molar-refractivity contribution in [2.24, 2.45) is 0 Å². The van der Waals surface area contributed by atoms with E-state index in [9.17, 15) is 13.2 Å². The summed E-state index contributed by atoms with van der Waals surface area (Å²) in [6.07, 6.45) is -0.0967. The fourth-order valence-electron chi connectivity index (χ4n) is 6.81. The van der Waals surface area contributed by atoms with E-state index in [0.29, 0.717) is 16.9 Å². The van der Waals surface area contributed by atoms with E-state index >= 15 is 4.39 Å². The molecule has 1 aromatic carbocycles. The number of rotatable bonds is 6.